The molecule has 5 heteroatoms. The van der Waals surface area contributed by atoms with E-state index < -0.39 is 11.9 Å². The van der Waals surface area contributed by atoms with E-state index in [1.165, 1.54) is 128 Å². The fraction of sp³-hybridized carbons (Fsp3) is 0.833. The van der Waals surface area contributed by atoms with Crippen LogP contribution in [0.25, 0.3) is 0 Å². The Morgan fingerprint density at radius 2 is 0.610 bits per heavy atom. The van der Waals surface area contributed by atoms with Crippen molar-refractivity contribution < 1.29 is 36.3 Å². The average molecular weight is 622 g/mol. The number of allylic oxidation sites excluding steroid dienone is 4. The third-order valence-corrected chi connectivity index (χ3v) is 7.29. The van der Waals surface area contributed by atoms with Gasteiger partial charge in [0.25, 0.3) is 0 Å². The van der Waals surface area contributed by atoms with Crippen molar-refractivity contribution in [2.24, 2.45) is 0 Å². The van der Waals surface area contributed by atoms with Gasteiger partial charge in [-0.1, -0.05) is 141 Å². The molecule has 0 radical (unpaired) electrons. The molecule has 0 spiro atoms. The van der Waals surface area contributed by atoms with Crippen LogP contribution < -0.4 is 10.2 Å². The monoisotopic (exact) mass is 620 g/mol. The smallest absolute Gasteiger partial charge is 0.550 e. The summed E-state index contributed by atoms with van der Waals surface area (Å²) in [6, 6.07) is 0. The SMILES string of the molecule is CCCCCCCC/C=C/CCCCCCCC(=O)[O-].CCCCCCCC/C=C/CCCCCCCC(=O)[O-].[Ni+2]. The third kappa shape index (κ3) is 48.9. The Morgan fingerprint density at radius 1 is 0.390 bits per heavy atom. The van der Waals surface area contributed by atoms with Gasteiger partial charge in [0.05, 0.1) is 0 Å². The van der Waals surface area contributed by atoms with Gasteiger partial charge >= 0.3 is 16.5 Å². The van der Waals surface area contributed by atoms with Gasteiger partial charge in [-0.15, -0.1) is 0 Å². The van der Waals surface area contributed by atoms with E-state index in [2.05, 4.69) is 38.2 Å². The van der Waals surface area contributed by atoms with Gasteiger partial charge in [0.15, 0.2) is 0 Å². The summed E-state index contributed by atoms with van der Waals surface area (Å²) < 4.78 is 0. The Hall–Kier alpha value is -1.09. The van der Waals surface area contributed by atoms with Gasteiger partial charge in [0.2, 0.25) is 0 Å². The van der Waals surface area contributed by atoms with Crippen LogP contribution >= 0.6 is 0 Å². The number of carboxylic acid groups (broad SMARTS) is 2. The van der Waals surface area contributed by atoms with Crippen molar-refractivity contribution in [3.05, 3.63) is 24.3 Å². The maximum Gasteiger partial charge on any atom is 2.00 e. The van der Waals surface area contributed by atoms with E-state index in [4.69, 9.17) is 0 Å². The fourth-order valence-electron chi connectivity index (χ4n) is 4.68. The first kappa shape index (κ1) is 44.4. The normalized spacial score (nSPS) is 11.0. The minimum Gasteiger partial charge on any atom is -0.550 e. The van der Waals surface area contributed by atoms with Gasteiger partial charge in [-0.05, 0) is 77.0 Å². The molecular formula is C36H66NiO4. The van der Waals surface area contributed by atoms with Gasteiger partial charge in [0, 0.05) is 11.9 Å². The van der Waals surface area contributed by atoms with Gasteiger partial charge in [0.1, 0.15) is 0 Å². The zero-order valence-electron chi connectivity index (χ0n) is 27.1. The molecule has 0 atom stereocenters. The van der Waals surface area contributed by atoms with Crippen LogP contribution in [0.3, 0.4) is 0 Å². The molecule has 0 bridgehead atoms. The molecule has 0 aliphatic carbocycles. The number of carboxylic acids is 2. The largest absolute Gasteiger partial charge is 2.00 e. The first-order valence-corrected chi connectivity index (χ1v) is 17.2. The van der Waals surface area contributed by atoms with Crippen LogP contribution in [0.4, 0.5) is 0 Å². The zero-order valence-corrected chi connectivity index (χ0v) is 28.0. The van der Waals surface area contributed by atoms with Crippen molar-refractivity contribution in [1.82, 2.24) is 0 Å². The Labute approximate surface area is 265 Å². The molecular weight excluding hydrogens is 555 g/mol. The topological polar surface area (TPSA) is 80.3 Å². The first-order valence-electron chi connectivity index (χ1n) is 17.2. The minimum atomic E-state index is -0.914. The van der Waals surface area contributed by atoms with E-state index >= 15 is 0 Å². The van der Waals surface area contributed by atoms with Crippen LogP contribution in [-0.2, 0) is 26.1 Å². The molecule has 41 heavy (non-hydrogen) atoms. The van der Waals surface area contributed by atoms with Crippen molar-refractivity contribution in [1.29, 1.82) is 0 Å². The first-order chi connectivity index (χ1) is 19.5. The number of carbonyl (C=O) groups excluding carboxylic acids is 2. The molecule has 0 saturated heterocycles. The van der Waals surface area contributed by atoms with Crippen LogP contribution in [0, 0.1) is 0 Å². The third-order valence-electron chi connectivity index (χ3n) is 7.29. The number of hydrogen-bond acceptors (Lipinski definition) is 4. The van der Waals surface area contributed by atoms with Gasteiger partial charge < -0.3 is 19.8 Å². The summed E-state index contributed by atoms with van der Waals surface area (Å²) in [5.41, 5.74) is 0. The molecule has 0 rings (SSSR count). The molecule has 0 fully saturated rings. The maximum absolute atomic E-state index is 10.2. The molecule has 0 N–H and O–H groups in total. The summed E-state index contributed by atoms with van der Waals surface area (Å²) in [6.45, 7) is 4.51. The van der Waals surface area contributed by atoms with Crippen molar-refractivity contribution in [2.45, 2.75) is 194 Å². The second kappa shape index (κ2) is 41.1. The Kier molecular flexibility index (Phi) is 44.4. The van der Waals surface area contributed by atoms with Crippen molar-refractivity contribution >= 4 is 11.9 Å². The maximum atomic E-state index is 10.2. The standard InChI is InChI=1S/2C18H34O2.Ni/c2*1-2-3-4-5-6-7-8-9-10-11-12-13-14-15-16-17-18(19)20;/h2*9-10H,2-8,11-17H2,1H3,(H,19,20);/q;;+2/p-2/b2*10-9+;. The Morgan fingerprint density at radius 3 is 0.854 bits per heavy atom. The number of carbonyl (C=O) groups is 2. The average Bonchev–Trinajstić information content (AvgIpc) is 2.93. The molecule has 0 amide bonds. The number of rotatable bonds is 30. The van der Waals surface area contributed by atoms with E-state index in [1.807, 2.05) is 0 Å². The van der Waals surface area contributed by atoms with Crippen molar-refractivity contribution in [3.8, 4) is 0 Å². The molecule has 244 valence electrons. The molecule has 0 saturated carbocycles. The summed E-state index contributed by atoms with van der Waals surface area (Å²) in [6.07, 6.45) is 41.8. The number of hydrogen-bond donors (Lipinski definition) is 0. The zero-order chi connectivity index (χ0) is 29.8. The predicted molar refractivity (Wildman–Crippen MR) is 169 cm³/mol. The van der Waals surface area contributed by atoms with Crippen LogP contribution in [0.2, 0.25) is 0 Å². The van der Waals surface area contributed by atoms with Crippen LogP contribution in [-0.4, -0.2) is 11.9 Å². The summed E-state index contributed by atoms with van der Waals surface area (Å²) in [5, 5.41) is 20.4. The Bertz CT molecular complexity index is 524. The molecule has 0 aromatic rings. The predicted octanol–water partition coefficient (Wildman–Crippen LogP) is 9.55. The minimum absolute atomic E-state index is 0. The Balaban J connectivity index is -0.000000688. The summed E-state index contributed by atoms with van der Waals surface area (Å²) in [4.78, 5) is 20.4. The number of aliphatic carboxylic acids is 2. The van der Waals surface area contributed by atoms with Gasteiger partial charge in [-0.2, -0.15) is 0 Å². The number of unbranched alkanes of at least 4 members (excludes halogenated alkanes) is 22. The molecule has 0 unspecified atom stereocenters. The second-order valence-corrected chi connectivity index (χ2v) is 11.4. The molecule has 0 aliphatic heterocycles. The van der Waals surface area contributed by atoms with E-state index in [0.29, 0.717) is 0 Å². The quantitative estimate of drug-likeness (QED) is 0.0455. The van der Waals surface area contributed by atoms with Crippen molar-refractivity contribution in [3.63, 3.8) is 0 Å². The van der Waals surface area contributed by atoms with Gasteiger partial charge in [-0.3, -0.25) is 0 Å². The van der Waals surface area contributed by atoms with E-state index in [9.17, 15) is 19.8 Å². The van der Waals surface area contributed by atoms with E-state index in [-0.39, 0.29) is 29.3 Å². The summed E-state index contributed by atoms with van der Waals surface area (Å²) in [7, 11) is 0. The van der Waals surface area contributed by atoms with E-state index in [1.54, 1.807) is 0 Å². The molecule has 0 aromatic heterocycles. The fourth-order valence-corrected chi connectivity index (χ4v) is 4.68. The van der Waals surface area contributed by atoms with E-state index in [0.717, 1.165) is 38.5 Å². The van der Waals surface area contributed by atoms with Crippen LogP contribution in [0.5, 0.6) is 0 Å². The molecule has 0 aliphatic rings. The summed E-state index contributed by atoms with van der Waals surface area (Å²) >= 11 is 0. The molecule has 4 nitrogen and oxygen atoms in total. The molecule has 0 aromatic carbocycles. The van der Waals surface area contributed by atoms with Crippen molar-refractivity contribution in [2.75, 3.05) is 0 Å². The molecule has 0 heterocycles. The summed E-state index contributed by atoms with van der Waals surface area (Å²) in [5.74, 6) is -1.83. The van der Waals surface area contributed by atoms with Crippen LogP contribution in [0.1, 0.15) is 194 Å². The second-order valence-electron chi connectivity index (χ2n) is 11.4. The van der Waals surface area contributed by atoms with Gasteiger partial charge in [-0.25, -0.2) is 0 Å². The van der Waals surface area contributed by atoms with Crippen LogP contribution in [0.15, 0.2) is 24.3 Å².